The average Bonchev–Trinajstić information content (AvgIpc) is 2.52. The topological polar surface area (TPSA) is 9.23 Å². The van der Waals surface area contributed by atoms with Crippen molar-refractivity contribution >= 4 is 11.2 Å². The molecule has 0 saturated carbocycles. The zero-order valence-corrected chi connectivity index (χ0v) is 17.3. The van der Waals surface area contributed by atoms with Gasteiger partial charge >= 0.3 is 6.18 Å². The molecule has 1 nitrogen and oxygen atoms in total. The van der Waals surface area contributed by atoms with Crippen LogP contribution in [0.1, 0.15) is 103 Å². The first-order valence-corrected chi connectivity index (χ1v) is 12.2. The predicted octanol–water partition coefficient (Wildman–Crippen LogP) is 7.60. The van der Waals surface area contributed by atoms with Gasteiger partial charge in [-0.15, -0.1) is 0 Å². The molecule has 0 aromatic heterocycles. The fraction of sp³-hybridized carbons (Fsp3) is 1.00. The van der Waals surface area contributed by atoms with Crippen molar-refractivity contribution in [3.63, 3.8) is 0 Å². The normalized spacial score (nSPS) is 12.2. The number of alkyl halides is 3. The number of halogens is 3. The van der Waals surface area contributed by atoms with Gasteiger partial charge in [-0.25, -0.2) is 0 Å². The minimum absolute atomic E-state index is 0.122. The van der Waals surface area contributed by atoms with Crippen molar-refractivity contribution in [2.24, 2.45) is 0 Å². The minimum Gasteiger partial charge on any atom is -0.175 e. The molecule has 0 fully saturated rings. The van der Waals surface area contributed by atoms with E-state index in [1.165, 1.54) is 70.6 Å². The Balaban J connectivity index is 3.03. The summed E-state index contributed by atoms with van der Waals surface area (Å²) in [4.78, 5) is 0. The molecular weight excluding hydrogens is 345 g/mol. The summed E-state index contributed by atoms with van der Waals surface area (Å²) in [5.41, 5.74) is 0. The Morgan fingerprint density at radius 3 is 1.20 bits per heavy atom. The third-order valence-corrected chi connectivity index (χ3v) is 5.06. The fourth-order valence-electron chi connectivity index (χ4n) is 2.95. The van der Waals surface area contributed by atoms with Crippen LogP contribution in [0, 0.1) is 0 Å². The van der Waals surface area contributed by atoms with E-state index < -0.39 is 12.6 Å². The number of rotatable bonds is 18. The van der Waals surface area contributed by atoms with E-state index in [0.717, 1.165) is 25.9 Å². The summed E-state index contributed by atoms with van der Waals surface area (Å²) < 4.78 is 41.5. The van der Waals surface area contributed by atoms with E-state index in [1.54, 1.807) is 0 Å². The van der Waals surface area contributed by atoms with Crippen LogP contribution < -0.4 is 0 Å². The summed E-state index contributed by atoms with van der Waals surface area (Å²) in [6.45, 7) is 0.915. The molecule has 152 valence electrons. The molecule has 0 radical (unpaired) electrons. The molecule has 0 heterocycles. The maximum Gasteiger partial charge on any atom is 0.389 e. The second-order valence-electron chi connectivity index (χ2n) is 7.23. The van der Waals surface area contributed by atoms with E-state index in [4.69, 9.17) is 4.18 Å². The minimum atomic E-state index is -3.97. The van der Waals surface area contributed by atoms with Crippen molar-refractivity contribution in [1.82, 2.24) is 0 Å². The first-order chi connectivity index (χ1) is 11.9. The molecule has 0 spiro atoms. The second kappa shape index (κ2) is 17.5. The highest BCUT2D eigenvalue weighted by atomic mass is 32.2. The zero-order chi connectivity index (χ0) is 18.8. The van der Waals surface area contributed by atoms with E-state index >= 15 is 0 Å². The second-order valence-corrected chi connectivity index (χ2v) is 8.95. The third-order valence-electron chi connectivity index (χ3n) is 4.42. The first-order valence-electron chi connectivity index (χ1n) is 10.2. The Kier molecular flexibility index (Phi) is 17.6. The van der Waals surface area contributed by atoms with Crippen molar-refractivity contribution in [1.29, 1.82) is 0 Å². The van der Waals surface area contributed by atoms with Crippen LogP contribution in [-0.4, -0.2) is 25.3 Å². The van der Waals surface area contributed by atoms with E-state index in [-0.39, 0.29) is 11.2 Å². The van der Waals surface area contributed by atoms with Gasteiger partial charge in [0, 0.05) is 6.42 Å². The molecule has 25 heavy (non-hydrogen) atoms. The smallest absolute Gasteiger partial charge is 0.175 e. The van der Waals surface area contributed by atoms with Gasteiger partial charge in [-0.1, -0.05) is 83.5 Å². The van der Waals surface area contributed by atoms with Crippen molar-refractivity contribution in [2.45, 2.75) is 109 Å². The van der Waals surface area contributed by atoms with Crippen LogP contribution in [0.15, 0.2) is 0 Å². The largest absolute Gasteiger partial charge is 0.389 e. The van der Waals surface area contributed by atoms with E-state index in [2.05, 4.69) is 12.5 Å². The molecule has 0 bridgehead atoms. The highest BCUT2D eigenvalue weighted by molar-refractivity contribution is 7.90. The van der Waals surface area contributed by atoms with Crippen LogP contribution >= 0.6 is 0 Å². The highest BCUT2D eigenvalue weighted by Gasteiger charge is 2.25. The van der Waals surface area contributed by atoms with Gasteiger partial charge in [0.25, 0.3) is 0 Å². The summed E-state index contributed by atoms with van der Waals surface area (Å²) in [5, 5.41) is 0. The molecule has 0 unspecified atom stereocenters. The maximum absolute atomic E-state index is 12.0. The summed E-state index contributed by atoms with van der Waals surface area (Å²) in [7, 11) is 0. The van der Waals surface area contributed by atoms with Crippen LogP contribution in [0.25, 0.3) is 0 Å². The van der Waals surface area contributed by atoms with E-state index in [9.17, 15) is 13.2 Å². The van der Waals surface area contributed by atoms with E-state index in [1.807, 2.05) is 0 Å². The molecule has 0 saturated heterocycles. The summed E-state index contributed by atoms with van der Waals surface area (Å²) in [6, 6.07) is 0. The molecule has 0 aliphatic carbocycles. The van der Waals surface area contributed by atoms with Crippen molar-refractivity contribution < 1.29 is 17.4 Å². The van der Waals surface area contributed by atoms with Gasteiger partial charge < -0.3 is 0 Å². The molecular formula is C20H40F3OS+. The molecule has 0 amide bonds. The summed E-state index contributed by atoms with van der Waals surface area (Å²) in [6.07, 6.45) is 17.0. The number of hydrogen-bond acceptors (Lipinski definition) is 1. The molecule has 0 N–H and O–H groups in total. The van der Waals surface area contributed by atoms with Gasteiger partial charge in [-0.05, 0) is 12.8 Å². The molecule has 0 rings (SSSR count). The fourth-order valence-corrected chi connectivity index (χ4v) is 3.40. The van der Waals surface area contributed by atoms with Crippen LogP contribution in [0.4, 0.5) is 13.2 Å². The Morgan fingerprint density at radius 1 is 0.560 bits per heavy atom. The Labute approximate surface area is 157 Å². The Morgan fingerprint density at radius 2 is 0.880 bits per heavy atom. The monoisotopic (exact) mass is 385 g/mol. The lowest BCUT2D eigenvalue weighted by atomic mass is 10.0. The third kappa shape index (κ3) is 24.1. The van der Waals surface area contributed by atoms with Crippen molar-refractivity contribution in [3.8, 4) is 0 Å². The van der Waals surface area contributed by atoms with Gasteiger partial charge in [0.15, 0.2) is 0 Å². The van der Waals surface area contributed by atoms with Gasteiger partial charge in [-0.2, -0.15) is 17.4 Å². The number of hydrogen-bond donors (Lipinski definition) is 0. The maximum atomic E-state index is 12.0. The molecule has 0 aliphatic rings. The molecule has 0 aliphatic heterocycles. The van der Waals surface area contributed by atoms with Gasteiger partial charge in [0.2, 0.25) is 0 Å². The highest BCUT2D eigenvalue weighted by Crippen LogP contribution is 2.23. The molecule has 0 aromatic rings. The van der Waals surface area contributed by atoms with E-state index in [0.29, 0.717) is 6.42 Å². The van der Waals surface area contributed by atoms with Crippen LogP contribution in [0.2, 0.25) is 0 Å². The standard InChI is InChI=1S/C20H40F3OS/c1-25(2)24-19-17-15-13-11-9-7-5-3-4-6-8-10-12-14-16-18-20(21,22)23/h3-19H2,1-2H3/q+1. The van der Waals surface area contributed by atoms with Crippen molar-refractivity contribution in [3.05, 3.63) is 0 Å². The van der Waals surface area contributed by atoms with Gasteiger partial charge in [0.05, 0.1) is 0 Å². The quantitative estimate of drug-likeness (QED) is 0.174. The van der Waals surface area contributed by atoms with Crippen LogP contribution in [0.5, 0.6) is 0 Å². The Bertz CT molecular complexity index is 270. The van der Waals surface area contributed by atoms with Gasteiger partial charge in [-0.3, -0.25) is 0 Å². The molecule has 5 heteroatoms. The summed E-state index contributed by atoms with van der Waals surface area (Å²) in [5.74, 6) is 0. The van der Waals surface area contributed by atoms with Gasteiger partial charge in [0.1, 0.15) is 30.3 Å². The summed E-state index contributed by atoms with van der Waals surface area (Å²) >= 11 is 0.122. The van der Waals surface area contributed by atoms with Crippen LogP contribution in [-0.2, 0) is 15.4 Å². The van der Waals surface area contributed by atoms with Crippen molar-refractivity contribution in [2.75, 3.05) is 19.1 Å². The lowest BCUT2D eigenvalue weighted by Crippen LogP contribution is -2.06. The molecule has 0 aromatic carbocycles. The lowest BCUT2D eigenvalue weighted by Gasteiger charge is -2.05. The predicted molar refractivity (Wildman–Crippen MR) is 105 cm³/mol. The van der Waals surface area contributed by atoms with Crippen LogP contribution in [0.3, 0.4) is 0 Å². The zero-order valence-electron chi connectivity index (χ0n) is 16.5. The Hall–Kier alpha value is 0.100. The number of unbranched alkanes of at least 4 members (excludes halogenated alkanes) is 14. The first kappa shape index (κ1) is 25.1. The molecule has 0 atom stereocenters. The average molecular weight is 386 g/mol. The lowest BCUT2D eigenvalue weighted by molar-refractivity contribution is -0.135. The SMILES string of the molecule is C[S+](C)OCCCCCCCCCCCCCCCCCC(F)(F)F.